The van der Waals surface area contributed by atoms with Crippen LogP contribution in [0.1, 0.15) is 5.56 Å². The van der Waals surface area contributed by atoms with E-state index in [1.54, 1.807) is 0 Å². The number of anilines is 1. The fourth-order valence-corrected chi connectivity index (χ4v) is 2.57. The SMILES string of the molecule is BrCCN(Cc1ccccc1)c1nc2ccccc2o1. The minimum atomic E-state index is 0.675. The molecule has 3 rings (SSSR count). The minimum absolute atomic E-state index is 0.675. The van der Waals surface area contributed by atoms with E-state index in [-0.39, 0.29) is 0 Å². The molecule has 4 heteroatoms. The molecule has 0 saturated carbocycles. The lowest BCUT2D eigenvalue weighted by atomic mass is 10.2. The summed E-state index contributed by atoms with van der Waals surface area (Å²) in [6.07, 6.45) is 0. The molecule has 0 bridgehead atoms. The van der Waals surface area contributed by atoms with Crippen molar-refractivity contribution in [3.63, 3.8) is 0 Å². The molecule has 102 valence electrons. The zero-order chi connectivity index (χ0) is 13.8. The molecular formula is C16H15BrN2O. The van der Waals surface area contributed by atoms with E-state index in [0.29, 0.717) is 6.01 Å². The molecule has 0 atom stereocenters. The fraction of sp³-hybridized carbons (Fsp3) is 0.188. The van der Waals surface area contributed by atoms with E-state index >= 15 is 0 Å². The van der Waals surface area contributed by atoms with Crippen LogP contribution in [0.3, 0.4) is 0 Å². The van der Waals surface area contributed by atoms with Gasteiger partial charge in [-0.2, -0.15) is 4.98 Å². The second-order valence-corrected chi connectivity index (χ2v) is 5.35. The number of aromatic nitrogens is 1. The second kappa shape index (κ2) is 6.09. The lowest BCUT2D eigenvalue weighted by Crippen LogP contribution is -2.25. The van der Waals surface area contributed by atoms with Gasteiger partial charge in [-0.15, -0.1) is 0 Å². The summed E-state index contributed by atoms with van der Waals surface area (Å²) in [7, 11) is 0. The van der Waals surface area contributed by atoms with Crippen molar-refractivity contribution < 1.29 is 4.42 Å². The highest BCUT2D eigenvalue weighted by Crippen LogP contribution is 2.23. The second-order valence-electron chi connectivity index (χ2n) is 4.56. The molecule has 3 nitrogen and oxygen atoms in total. The molecule has 0 spiro atoms. The summed E-state index contributed by atoms with van der Waals surface area (Å²) < 4.78 is 5.85. The summed E-state index contributed by atoms with van der Waals surface area (Å²) in [5, 5.41) is 0.874. The van der Waals surface area contributed by atoms with Crippen molar-refractivity contribution in [1.82, 2.24) is 4.98 Å². The van der Waals surface area contributed by atoms with Gasteiger partial charge in [0.25, 0.3) is 6.01 Å². The molecule has 0 radical (unpaired) electrons. The number of hydrogen-bond donors (Lipinski definition) is 0. The van der Waals surface area contributed by atoms with Gasteiger partial charge in [0.1, 0.15) is 5.52 Å². The topological polar surface area (TPSA) is 29.3 Å². The molecule has 0 amide bonds. The Morgan fingerprint density at radius 3 is 2.50 bits per heavy atom. The van der Waals surface area contributed by atoms with Crippen molar-refractivity contribution in [2.45, 2.75) is 6.54 Å². The van der Waals surface area contributed by atoms with Gasteiger partial charge in [0.15, 0.2) is 5.58 Å². The number of rotatable bonds is 5. The van der Waals surface area contributed by atoms with E-state index in [4.69, 9.17) is 4.42 Å². The largest absolute Gasteiger partial charge is 0.423 e. The Kier molecular flexibility index (Phi) is 4.02. The first-order valence-corrected chi connectivity index (χ1v) is 7.69. The van der Waals surface area contributed by atoms with Crippen LogP contribution in [0, 0.1) is 0 Å². The van der Waals surface area contributed by atoms with Crippen LogP contribution in [-0.4, -0.2) is 16.9 Å². The quantitative estimate of drug-likeness (QED) is 0.655. The molecule has 0 saturated heterocycles. The molecule has 0 unspecified atom stereocenters. The number of oxazole rings is 1. The van der Waals surface area contributed by atoms with Crippen LogP contribution >= 0.6 is 15.9 Å². The summed E-state index contributed by atoms with van der Waals surface area (Å²) >= 11 is 3.49. The maximum Gasteiger partial charge on any atom is 0.298 e. The van der Waals surface area contributed by atoms with Crippen LogP contribution in [0.25, 0.3) is 11.1 Å². The van der Waals surface area contributed by atoms with Crippen molar-refractivity contribution in [3.8, 4) is 0 Å². The molecular weight excluding hydrogens is 316 g/mol. The standard InChI is InChI=1S/C16H15BrN2O/c17-10-11-19(12-13-6-2-1-3-7-13)16-18-14-8-4-5-9-15(14)20-16/h1-9H,10-12H2. The maximum absolute atomic E-state index is 5.85. The Hall–Kier alpha value is -1.81. The maximum atomic E-state index is 5.85. The van der Waals surface area contributed by atoms with Crippen LogP contribution in [0.5, 0.6) is 0 Å². The summed E-state index contributed by atoms with van der Waals surface area (Å²) in [4.78, 5) is 6.71. The van der Waals surface area contributed by atoms with Crippen LogP contribution < -0.4 is 4.90 Å². The van der Waals surface area contributed by atoms with Gasteiger partial charge in [-0.25, -0.2) is 0 Å². The van der Waals surface area contributed by atoms with Crippen LogP contribution in [0.2, 0.25) is 0 Å². The van der Waals surface area contributed by atoms with Gasteiger partial charge in [0.2, 0.25) is 0 Å². The van der Waals surface area contributed by atoms with Gasteiger partial charge in [-0.1, -0.05) is 58.4 Å². The number of alkyl halides is 1. The normalized spacial score (nSPS) is 10.8. The van der Waals surface area contributed by atoms with Crippen molar-refractivity contribution >= 4 is 33.0 Å². The molecule has 1 heterocycles. The highest BCUT2D eigenvalue weighted by Gasteiger charge is 2.13. The van der Waals surface area contributed by atoms with Crippen LogP contribution in [0.4, 0.5) is 6.01 Å². The molecule has 0 aliphatic rings. The van der Waals surface area contributed by atoms with Crippen molar-refractivity contribution in [3.05, 3.63) is 60.2 Å². The average molecular weight is 331 g/mol. The first-order chi connectivity index (χ1) is 9.86. The van der Waals surface area contributed by atoms with E-state index in [1.807, 2.05) is 42.5 Å². The van der Waals surface area contributed by atoms with Crippen LogP contribution in [-0.2, 0) is 6.54 Å². The van der Waals surface area contributed by atoms with Crippen molar-refractivity contribution in [1.29, 1.82) is 0 Å². The zero-order valence-corrected chi connectivity index (χ0v) is 12.6. The molecule has 20 heavy (non-hydrogen) atoms. The fourth-order valence-electron chi connectivity index (χ4n) is 2.14. The number of nitrogens with zero attached hydrogens (tertiary/aromatic N) is 2. The third-order valence-electron chi connectivity index (χ3n) is 3.12. The van der Waals surface area contributed by atoms with E-state index in [0.717, 1.165) is 29.5 Å². The van der Waals surface area contributed by atoms with Gasteiger partial charge >= 0.3 is 0 Å². The molecule has 0 aliphatic heterocycles. The molecule has 1 aromatic heterocycles. The summed E-state index contributed by atoms with van der Waals surface area (Å²) in [6.45, 7) is 1.64. The first kappa shape index (κ1) is 13.2. The van der Waals surface area contributed by atoms with Gasteiger partial charge in [0, 0.05) is 18.4 Å². The molecule has 0 N–H and O–H groups in total. The van der Waals surface area contributed by atoms with E-state index in [9.17, 15) is 0 Å². The number of hydrogen-bond acceptors (Lipinski definition) is 3. The first-order valence-electron chi connectivity index (χ1n) is 6.57. The average Bonchev–Trinajstić information content (AvgIpc) is 2.92. The van der Waals surface area contributed by atoms with E-state index in [2.05, 4.69) is 37.9 Å². The lowest BCUT2D eigenvalue weighted by Gasteiger charge is -2.19. The van der Waals surface area contributed by atoms with Crippen molar-refractivity contribution in [2.75, 3.05) is 16.8 Å². The Bertz CT molecular complexity index is 648. The van der Waals surface area contributed by atoms with Crippen molar-refractivity contribution in [2.24, 2.45) is 0 Å². The summed E-state index contributed by atoms with van der Waals surface area (Å²) in [6, 6.07) is 18.9. The number of benzene rings is 2. The monoisotopic (exact) mass is 330 g/mol. The van der Waals surface area contributed by atoms with Gasteiger partial charge < -0.3 is 9.32 Å². The minimum Gasteiger partial charge on any atom is -0.423 e. The molecule has 2 aromatic carbocycles. The third-order valence-corrected chi connectivity index (χ3v) is 3.48. The van der Waals surface area contributed by atoms with Gasteiger partial charge in [-0.3, -0.25) is 0 Å². The highest BCUT2D eigenvalue weighted by atomic mass is 79.9. The summed E-state index contributed by atoms with van der Waals surface area (Å²) in [5.74, 6) is 0. The lowest BCUT2D eigenvalue weighted by molar-refractivity contribution is 0.571. The van der Waals surface area contributed by atoms with Gasteiger partial charge in [-0.05, 0) is 17.7 Å². The van der Waals surface area contributed by atoms with Crippen LogP contribution in [0.15, 0.2) is 59.0 Å². The Balaban J connectivity index is 1.89. The van der Waals surface area contributed by atoms with E-state index < -0.39 is 0 Å². The number of halogens is 1. The Morgan fingerprint density at radius 2 is 1.75 bits per heavy atom. The molecule has 0 fully saturated rings. The number of para-hydroxylation sites is 2. The smallest absolute Gasteiger partial charge is 0.298 e. The number of fused-ring (bicyclic) bond motifs is 1. The Labute approximate surface area is 126 Å². The highest BCUT2D eigenvalue weighted by molar-refractivity contribution is 9.09. The van der Waals surface area contributed by atoms with Gasteiger partial charge in [0.05, 0.1) is 0 Å². The predicted molar refractivity (Wildman–Crippen MR) is 85.3 cm³/mol. The predicted octanol–water partition coefficient (Wildman–Crippen LogP) is 4.23. The molecule has 0 aliphatic carbocycles. The van der Waals surface area contributed by atoms with E-state index in [1.165, 1.54) is 5.56 Å². The molecule has 3 aromatic rings. The zero-order valence-electron chi connectivity index (χ0n) is 11.0. The summed E-state index contributed by atoms with van der Waals surface area (Å²) in [5.41, 5.74) is 2.97. The third kappa shape index (κ3) is 2.85. The Morgan fingerprint density at radius 1 is 1.00 bits per heavy atom.